The van der Waals surface area contributed by atoms with Gasteiger partial charge in [-0.1, -0.05) is 30.3 Å². The molecule has 0 aliphatic heterocycles. The molecule has 0 fully saturated rings. The van der Waals surface area contributed by atoms with Crippen LogP contribution in [0.5, 0.6) is 0 Å². The first-order chi connectivity index (χ1) is 12.9. The Morgan fingerprint density at radius 1 is 0.889 bits per heavy atom. The summed E-state index contributed by atoms with van der Waals surface area (Å²) in [5.41, 5.74) is 0.610. The summed E-state index contributed by atoms with van der Waals surface area (Å²) in [7, 11) is 0. The molecule has 0 saturated heterocycles. The van der Waals surface area contributed by atoms with Crippen LogP contribution in [0, 0.1) is 0 Å². The van der Waals surface area contributed by atoms with Crippen LogP contribution < -0.4 is 10.6 Å². The zero-order chi connectivity index (χ0) is 19.8. The van der Waals surface area contributed by atoms with E-state index in [9.17, 15) is 9.59 Å². The van der Waals surface area contributed by atoms with E-state index in [1.165, 1.54) is 0 Å². The second-order valence-electron chi connectivity index (χ2n) is 7.34. The predicted molar refractivity (Wildman–Crippen MR) is 111 cm³/mol. The summed E-state index contributed by atoms with van der Waals surface area (Å²) in [6.45, 7) is 10.4. The number of carbonyl (C=O) groups excluding carboxylic acids is 2. The van der Waals surface area contributed by atoms with Crippen molar-refractivity contribution in [3.63, 3.8) is 0 Å². The van der Waals surface area contributed by atoms with Crippen molar-refractivity contribution < 1.29 is 9.59 Å². The van der Waals surface area contributed by atoms with Crippen LogP contribution in [0.1, 0.15) is 44.5 Å². The monoisotopic (exact) mass is 369 g/mol. The zero-order valence-electron chi connectivity index (χ0n) is 16.8. The van der Waals surface area contributed by atoms with Crippen molar-refractivity contribution in [2.45, 2.75) is 46.2 Å². The van der Waals surface area contributed by atoms with E-state index in [0.29, 0.717) is 30.7 Å². The number of nitrogens with one attached hydrogen (secondary N) is 2. The second kappa shape index (κ2) is 10.1. The summed E-state index contributed by atoms with van der Waals surface area (Å²) in [4.78, 5) is 26.6. The minimum atomic E-state index is -0.153. The molecule has 0 heterocycles. The van der Waals surface area contributed by atoms with Crippen LogP contribution in [0.3, 0.4) is 0 Å². The number of carbonyl (C=O) groups is 2. The molecule has 2 aromatic carbocycles. The fourth-order valence-electron chi connectivity index (χ4n) is 3.25. The second-order valence-corrected chi connectivity index (χ2v) is 7.34. The Morgan fingerprint density at radius 2 is 1.56 bits per heavy atom. The molecule has 0 unspecified atom stereocenters. The Bertz CT molecular complexity index is 763. The standard InChI is InChI=1S/C22H31N3O2/c1-16(2)25(17(3)4)14-13-23-21(26)11-12-24-22(27)20-10-9-18-7-5-6-8-19(18)15-20/h5-10,15-17H,11-14H2,1-4H3,(H,23,26)(H,24,27). The molecule has 0 aromatic heterocycles. The average Bonchev–Trinajstić information content (AvgIpc) is 2.64. The number of rotatable bonds is 9. The highest BCUT2D eigenvalue weighted by Crippen LogP contribution is 2.15. The van der Waals surface area contributed by atoms with Crippen molar-refractivity contribution in [1.29, 1.82) is 0 Å². The van der Waals surface area contributed by atoms with Gasteiger partial charge in [0.25, 0.3) is 5.91 Å². The maximum Gasteiger partial charge on any atom is 0.251 e. The van der Waals surface area contributed by atoms with Gasteiger partial charge in [-0.25, -0.2) is 0 Å². The largest absolute Gasteiger partial charge is 0.355 e. The molecule has 0 atom stereocenters. The number of hydrogen-bond acceptors (Lipinski definition) is 3. The van der Waals surface area contributed by atoms with E-state index >= 15 is 0 Å². The predicted octanol–water partition coefficient (Wildman–Crippen LogP) is 3.19. The van der Waals surface area contributed by atoms with Gasteiger partial charge < -0.3 is 10.6 Å². The molecule has 2 aromatic rings. The first kappa shape index (κ1) is 20.9. The Labute approximate surface area is 162 Å². The molecule has 2 N–H and O–H groups in total. The van der Waals surface area contributed by atoms with E-state index in [-0.39, 0.29) is 18.2 Å². The van der Waals surface area contributed by atoms with Gasteiger partial charge in [0, 0.05) is 43.7 Å². The summed E-state index contributed by atoms with van der Waals surface area (Å²) >= 11 is 0. The van der Waals surface area contributed by atoms with Crippen molar-refractivity contribution in [3.05, 3.63) is 48.0 Å². The molecule has 0 spiro atoms. The minimum absolute atomic E-state index is 0.0405. The smallest absolute Gasteiger partial charge is 0.251 e. The SMILES string of the molecule is CC(C)N(CCNC(=O)CCNC(=O)c1ccc2ccccc2c1)C(C)C. The lowest BCUT2D eigenvalue weighted by Crippen LogP contribution is -2.42. The van der Waals surface area contributed by atoms with Gasteiger partial charge in [0.2, 0.25) is 5.91 Å². The van der Waals surface area contributed by atoms with Crippen LogP contribution in [0.4, 0.5) is 0 Å². The summed E-state index contributed by atoms with van der Waals surface area (Å²) in [6.07, 6.45) is 0.280. The molecular weight excluding hydrogens is 338 g/mol. The van der Waals surface area contributed by atoms with Crippen molar-refractivity contribution in [3.8, 4) is 0 Å². The molecule has 0 aliphatic carbocycles. The van der Waals surface area contributed by atoms with Crippen molar-refractivity contribution in [1.82, 2.24) is 15.5 Å². The molecule has 27 heavy (non-hydrogen) atoms. The lowest BCUT2D eigenvalue weighted by molar-refractivity contribution is -0.121. The Morgan fingerprint density at radius 3 is 2.22 bits per heavy atom. The van der Waals surface area contributed by atoms with E-state index in [2.05, 4.69) is 43.2 Å². The third kappa shape index (κ3) is 6.36. The molecule has 0 aliphatic rings. The van der Waals surface area contributed by atoms with Gasteiger partial charge in [-0.05, 0) is 50.6 Å². The van der Waals surface area contributed by atoms with E-state index in [0.717, 1.165) is 17.3 Å². The Balaban J connectivity index is 1.73. The van der Waals surface area contributed by atoms with E-state index < -0.39 is 0 Å². The zero-order valence-corrected chi connectivity index (χ0v) is 16.8. The van der Waals surface area contributed by atoms with Gasteiger partial charge in [-0.3, -0.25) is 14.5 Å². The normalized spacial score (nSPS) is 11.4. The Hall–Kier alpha value is -2.40. The quantitative estimate of drug-likeness (QED) is 0.714. The Kier molecular flexibility index (Phi) is 7.80. The fourth-order valence-corrected chi connectivity index (χ4v) is 3.25. The van der Waals surface area contributed by atoms with Gasteiger partial charge in [0.15, 0.2) is 0 Å². The number of fused-ring (bicyclic) bond motifs is 1. The first-order valence-electron chi connectivity index (χ1n) is 9.68. The van der Waals surface area contributed by atoms with Gasteiger partial charge in [0.1, 0.15) is 0 Å². The van der Waals surface area contributed by atoms with Crippen molar-refractivity contribution >= 4 is 22.6 Å². The molecule has 5 heteroatoms. The van der Waals surface area contributed by atoms with Gasteiger partial charge in [0.05, 0.1) is 0 Å². The molecular formula is C22H31N3O2. The highest BCUT2D eigenvalue weighted by atomic mass is 16.2. The number of nitrogens with zero attached hydrogens (tertiary/aromatic N) is 1. The summed E-state index contributed by atoms with van der Waals surface area (Å²) in [5.74, 6) is -0.194. The fraction of sp³-hybridized carbons (Fsp3) is 0.455. The summed E-state index contributed by atoms with van der Waals surface area (Å²) < 4.78 is 0. The van der Waals surface area contributed by atoms with Gasteiger partial charge >= 0.3 is 0 Å². The highest BCUT2D eigenvalue weighted by molar-refractivity contribution is 5.98. The average molecular weight is 370 g/mol. The number of hydrogen-bond donors (Lipinski definition) is 2. The molecule has 2 rings (SSSR count). The van der Waals surface area contributed by atoms with Crippen LogP contribution in [0.25, 0.3) is 10.8 Å². The molecule has 0 radical (unpaired) electrons. The molecule has 5 nitrogen and oxygen atoms in total. The summed E-state index contributed by atoms with van der Waals surface area (Å²) in [5, 5.41) is 7.88. The maximum atomic E-state index is 12.3. The molecule has 146 valence electrons. The van der Waals surface area contributed by atoms with Crippen LogP contribution in [0.15, 0.2) is 42.5 Å². The van der Waals surface area contributed by atoms with Crippen LogP contribution in [-0.4, -0.2) is 48.4 Å². The van der Waals surface area contributed by atoms with Crippen molar-refractivity contribution in [2.24, 2.45) is 0 Å². The van der Waals surface area contributed by atoms with E-state index in [1.807, 2.05) is 42.5 Å². The number of benzene rings is 2. The van der Waals surface area contributed by atoms with Crippen LogP contribution in [-0.2, 0) is 4.79 Å². The van der Waals surface area contributed by atoms with Crippen LogP contribution in [0.2, 0.25) is 0 Å². The van der Waals surface area contributed by atoms with Gasteiger partial charge in [-0.15, -0.1) is 0 Å². The highest BCUT2D eigenvalue weighted by Gasteiger charge is 2.13. The molecule has 0 saturated carbocycles. The minimum Gasteiger partial charge on any atom is -0.355 e. The third-order valence-corrected chi connectivity index (χ3v) is 4.67. The third-order valence-electron chi connectivity index (χ3n) is 4.67. The number of amides is 2. The van der Waals surface area contributed by atoms with Crippen molar-refractivity contribution in [2.75, 3.05) is 19.6 Å². The van der Waals surface area contributed by atoms with E-state index in [4.69, 9.17) is 0 Å². The maximum absolute atomic E-state index is 12.3. The van der Waals surface area contributed by atoms with Gasteiger partial charge in [-0.2, -0.15) is 0 Å². The first-order valence-corrected chi connectivity index (χ1v) is 9.68. The van der Waals surface area contributed by atoms with E-state index in [1.54, 1.807) is 0 Å². The summed E-state index contributed by atoms with van der Waals surface area (Å²) in [6, 6.07) is 14.4. The molecule has 2 amide bonds. The van der Waals surface area contributed by atoms with Crippen LogP contribution >= 0.6 is 0 Å². The molecule has 0 bridgehead atoms. The lowest BCUT2D eigenvalue weighted by Gasteiger charge is -2.30. The lowest BCUT2D eigenvalue weighted by atomic mass is 10.1. The topological polar surface area (TPSA) is 61.4 Å².